The van der Waals surface area contributed by atoms with E-state index < -0.39 is 0 Å². The zero-order valence-electron chi connectivity index (χ0n) is 16.7. The number of anilines is 1. The summed E-state index contributed by atoms with van der Waals surface area (Å²) >= 11 is 0. The molecule has 0 amide bonds. The second-order valence-electron chi connectivity index (χ2n) is 8.72. The lowest BCUT2D eigenvalue weighted by Gasteiger charge is -2.37. The average molecular weight is 391 g/mol. The average Bonchev–Trinajstić information content (AvgIpc) is 3.53. The van der Waals surface area contributed by atoms with Crippen LogP contribution in [0.25, 0.3) is 16.7 Å². The molecular formula is C23H28N5O+. The summed E-state index contributed by atoms with van der Waals surface area (Å²) in [6.07, 6.45) is 7.83. The maximum atomic E-state index is 6.67. The minimum absolute atomic E-state index is 0.583. The number of hydrogen-bond donors (Lipinski definition) is 2. The van der Waals surface area contributed by atoms with E-state index in [-0.39, 0.29) is 0 Å². The van der Waals surface area contributed by atoms with Gasteiger partial charge in [0.25, 0.3) is 0 Å². The third kappa shape index (κ3) is 3.02. The highest BCUT2D eigenvalue weighted by atomic mass is 16.5. The van der Waals surface area contributed by atoms with Gasteiger partial charge < -0.3 is 15.5 Å². The van der Waals surface area contributed by atoms with Crippen molar-refractivity contribution in [2.24, 2.45) is 0 Å². The molecule has 1 aliphatic heterocycles. The Kier molecular flexibility index (Phi) is 4.09. The predicted molar refractivity (Wildman–Crippen MR) is 112 cm³/mol. The summed E-state index contributed by atoms with van der Waals surface area (Å²) in [7, 11) is 0. The molecule has 0 bridgehead atoms. The van der Waals surface area contributed by atoms with Crippen molar-refractivity contribution < 1.29 is 9.30 Å². The molecule has 3 heterocycles. The van der Waals surface area contributed by atoms with Gasteiger partial charge in [-0.1, -0.05) is 17.1 Å². The van der Waals surface area contributed by atoms with Crippen molar-refractivity contribution >= 4 is 16.9 Å². The van der Waals surface area contributed by atoms with Gasteiger partial charge in [-0.25, -0.2) is 4.57 Å². The highest BCUT2D eigenvalue weighted by Gasteiger charge is 2.30. The molecule has 3 aromatic rings. The second-order valence-corrected chi connectivity index (χ2v) is 8.72. The van der Waals surface area contributed by atoms with E-state index in [0.29, 0.717) is 12.0 Å². The van der Waals surface area contributed by atoms with Crippen LogP contribution in [-0.4, -0.2) is 47.2 Å². The minimum atomic E-state index is 0.583. The van der Waals surface area contributed by atoms with Gasteiger partial charge in [-0.15, -0.1) is 0 Å². The fourth-order valence-corrected chi connectivity index (χ4v) is 5.11. The fourth-order valence-electron chi connectivity index (χ4n) is 5.11. The maximum Gasteiger partial charge on any atom is 0.236 e. The monoisotopic (exact) mass is 390 g/mol. The molecule has 6 heteroatoms. The van der Waals surface area contributed by atoms with Gasteiger partial charge in [0.15, 0.2) is 0 Å². The molecule has 0 unspecified atom stereocenters. The van der Waals surface area contributed by atoms with Crippen molar-refractivity contribution in [2.75, 3.05) is 32.0 Å². The number of rotatable bonds is 3. The second kappa shape index (κ2) is 6.82. The first-order valence-corrected chi connectivity index (χ1v) is 10.9. The number of aromatic nitrogens is 3. The van der Waals surface area contributed by atoms with Crippen molar-refractivity contribution in [2.45, 2.75) is 44.1 Å². The molecule has 0 spiro atoms. The highest BCUT2D eigenvalue weighted by molar-refractivity contribution is 5.85. The van der Waals surface area contributed by atoms with Crippen molar-refractivity contribution in [1.29, 1.82) is 0 Å². The molecule has 2 aliphatic carbocycles. The summed E-state index contributed by atoms with van der Waals surface area (Å²) < 4.78 is 7.65. The molecule has 2 aromatic heterocycles. The van der Waals surface area contributed by atoms with Gasteiger partial charge in [-0.05, 0) is 61.3 Å². The number of nitrogens with zero attached hydrogens (tertiary/aromatic N) is 3. The summed E-state index contributed by atoms with van der Waals surface area (Å²) in [5.41, 5.74) is 12.9. The number of nitrogens with two attached hydrogens (primary N) is 1. The lowest BCUT2D eigenvalue weighted by molar-refractivity contribution is -0.582. The number of benzene rings is 1. The van der Waals surface area contributed by atoms with Crippen LogP contribution in [0, 0.1) is 0 Å². The fraction of sp³-hybridized carbons (Fsp3) is 0.478. The first kappa shape index (κ1) is 17.4. The van der Waals surface area contributed by atoms with E-state index >= 15 is 0 Å². The Morgan fingerprint density at radius 1 is 1.17 bits per heavy atom. The Bertz CT molecular complexity index is 1060. The van der Waals surface area contributed by atoms with Crippen molar-refractivity contribution in [3.05, 3.63) is 47.4 Å². The van der Waals surface area contributed by atoms with Gasteiger partial charge in [0.1, 0.15) is 11.1 Å². The number of aryl methyl sites for hydroxylation is 1. The van der Waals surface area contributed by atoms with Crippen molar-refractivity contribution in [3.8, 4) is 5.69 Å². The highest BCUT2D eigenvalue weighted by Crippen LogP contribution is 2.40. The summed E-state index contributed by atoms with van der Waals surface area (Å²) in [6.45, 7) is 3.78. The Balaban J connectivity index is 1.39. The standard InChI is InChI=1S/C23H27N5O/c24-22-19-13-20(16-4-5-16)26-23(19)25-14-28(22)21-3-1-2-15-6-7-17(12-18(15)21)27-8-10-29-11-9-27/h1-3,13-14,16-17H,4-12H2,(H2,24,26)/p+1/t17-/m0/s1. The number of ether oxygens (including phenoxy) is 1. The molecule has 29 heavy (non-hydrogen) atoms. The molecule has 1 atom stereocenters. The zero-order chi connectivity index (χ0) is 19.4. The normalized spacial score (nSPS) is 22.7. The van der Waals surface area contributed by atoms with Crippen LogP contribution >= 0.6 is 0 Å². The van der Waals surface area contributed by atoms with Gasteiger partial charge in [0.05, 0.1) is 13.2 Å². The summed E-state index contributed by atoms with van der Waals surface area (Å²) in [5.74, 6) is 1.44. The third-order valence-corrected chi connectivity index (χ3v) is 6.93. The lowest BCUT2D eigenvalue weighted by atomic mass is 9.86. The number of H-pyrrole nitrogens is 1. The van der Waals surface area contributed by atoms with E-state index in [1.807, 2.05) is 6.33 Å². The Labute approximate surface area is 170 Å². The third-order valence-electron chi connectivity index (χ3n) is 6.93. The zero-order valence-corrected chi connectivity index (χ0v) is 16.7. The number of nitrogens with one attached hydrogen (secondary N) is 1. The molecule has 1 saturated carbocycles. The summed E-state index contributed by atoms with van der Waals surface area (Å²) in [5, 5.41) is 1.03. The SMILES string of the molecule is Nc1c2cc(C3CC3)[nH]c2nc[n+]1-c1cccc2c1C[C@@H](N1CCOCC1)CC2. The number of hydrogen-bond acceptors (Lipinski definition) is 4. The molecular weight excluding hydrogens is 362 g/mol. The maximum absolute atomic E-state index is 6.67. The van der Waals surface area contributed by atoms with Crippen LogP contribution in [0.5, 0.6) is 0 Å². The summed E-state index contributed by atoms with van der Waals surface area (Å²) in [6, 6.07) is 9.42. The van der Waals surface area contributed by atoms with Gasteiger partial charge in [-0.2, -0.15) is 0 Å². The number of fused-ring (bicyclic) bond motifs is 2. The molecule has 1 saturated heterocycles. The number of morpholine rings is 1. The Hall–Kier alpha value is -2.44. The predicted octanol–water partition coefficient (Wildman–Crippen LogP) is 2.49. The quantitative estimate of drug-likeness (QED) is 0.674. The smallest absolute Gasteiger partial charge is 0.236 e. The first-order valence-electron chi connectivity index (χ1n) is 10.9. The first-order chi connectivity index (χ1) is 14.3. The molecule has 1 aromatic carbocycles. The molecule has 3 aliphatic rings. The number of nitrogen functional groups attached to an aromatic ring is 1. The lowest BCUT2D eigenvalue weighted by Crippen LogP contribution is -2.46. The van der Waals surface area contributed by atoms with E-state index in [0.717, 1.165) is 56.0 Å². The van der Waals surface area contributed by atoms with Crippen LogP contribution in [0.2, 0.25) is 0 Å². The van der Waals surface area contributed by atoms with Crippen LogP contribution in [0.15, 0.2) is 30.6 Å². The van der Waals surface area contributed by atoms with Crippen LogP contribution in [0.3, 0.4) is 0 Å². The Morgan fingerprint density at radius 3 is 2.86 bits per heavy atom. The minimum Gasteiger partial charge on any atom is -0.379 e. The van der Waals surface area contributed by atoms with Crippen LogP contribution < -0.4 is 10.3 Å². The van der Waals surface area contributed by atoms with Crippen molar-refractivity contribution in [3.63, 3.8) is 0 Å². The molecule has 0 radical (unpaired) electrons. The van der Waals surface area contributed by atoms with Crippen molar-refractivity contribution in [1.82, 2.24) is 14.9 Å². The van der Waals surface area contributed by atoms with E-state index in [4.69, 9.17) is 15.5 Å². The van der Waals surface area contributed by atoms with Gasteiger partial charge >= 0.3 is 0 Å². The largest absolute Gasteiger partial charge is 0.379 e. The van der Waals surface area contributed by atoms with Crippen LogP contribution in [0.4, 0.5) is 5.82 Å². The van der Waals surface area contributed by atoms with Crippen LogP contribution in [0.1, 0.15) is 42.0 Å². The molecule has 6 rings (SSSR count). The molecule has 6 nitrogen and oxygen atoms in total. The van der Waals surface area contributed by atoms with Gasteiger partial charge in [-0.3, -0.25) is 4.90 Å². The molecule has 150 valence electrons. The topological polar surface area (TPSA) is 71.1 Å². The molecule has 3 N–H and O–H groups in total. The van der Waals surface area contributed by atoms with E-state index in [1.165, 1.54) is 41.8 Å². The summed E-state index contributed by atoms with van der Waals surface area (Å²) in [4.78, 5) is 10.8. The van der Waals surface area contributed by atoms with Gasteiger partial charge in [0.2, 0.25) is 17.8 Å². The van der Waals surface area contributed by atoms with E-state index in [9.17, 15) is 0 Å². The Morgan fingerprint density at radius 2 is 2.03 bits per heavy atom. The van der Waals surface area contributed by atoms with Crippen LogP contribution in [-0.2, 0) is 17.6 Å². The van der Waals surface area contributed by atoms with E-state index in [2.05, 4.69) is 38.7 Å². The molecule has 2 fully saturated rings. The van der Waals surface area contributed by atoms with E-state index in [1.54, 1.807) is 0 Å². The number of aromatic amines is 1. The van der Waals surface area contributed by atoms with Gasteiger partial charge in [0, 0.05) is 24.8 Å².